The fraction of sp³-hybridized carbons (Fsp3) is 0.294. The van der Waals surface area contributed by atoms with Crippen LogP contribution in [0.2, 0.25) is 5.02 Å². The number of anilines is 1. The molecular weight excluding hydrogens is 286 g/mol. The van der Waals surface area contributed by atoms with Gasteiger partial charge in [-0.3, -0.25) is 0 Å². The minimum absolute atomic E-state index is 0.0612. The van der Waals surface area contributed by atoms with Gasteiger partial charge in [-0.25, -0.2) is 0 Å². The van der Waals surface area contributed by atoms with Crippen molar-refractivity contribution in [1.29, 1.82) is 0 Å². The quantitative estimate of drug-likeness (QED) is 0.857. The Morgan fingerprint density at radius 1 is 1.05 bits per heavy atom. The van der Waals surface area contributed by atoms with Crippen LogP contribution in [0.4, 0.5) is 5.69 Å². The van der Waals surface area contributed by atoms with Crippen LogP contribution in [-0.2, 0) is 0 Å². The van der Waals surface area contributed by atoms with Gasteiger partial charge in [-0.15, -0.1) is 0 Å². The highest BCUT2D eigenvalue weighted by Gasteiger charge is 2.13. The molecule has 2 rings (SSSR count). The molecule has 21 heavy (non-hydrogen) atoms. The van der Waals surface area contributed by atoms with Gasteiger partial charge in [0, 0.05) is 11.6 Å². The lowest BCUT2D eigenvalue weighted by molar-refractivity contribution is 0.390. The van der Waals surface area contributed by atoms with E-state index in [-0.39, 0.29) is 6.04 Å². The Morgan fingerprint density at radius 3 is 2.43 bits per heavy atom. The first kappa shape index (κ1) is 15.5. The van der Waals surface area contributed by atoms with E-state index in [4.69, 9.17) is 21.1 Å². The molecule has 0 spiro atoms. The Labute approximate surface area is 130 Å². The topological polar surface area (TPSA) is 30.5 Å². The Morgan fingerprint density at radius 2 is 1.81 bits per heavy atom. The molecule has 1 N–H and O–H groups in total. The molecule has 112 valence electrons. The first-order valence-electron chi connectivity index (χ1n) is 6.79. The molecule has 2 aromatic carbocycles. The van der Waals surface area contributed by atoms with Crippen LogP contribution in [0.1, 0.15) is 24.1 Å². The van der Waals surface area contributed by atoms with Crippen molar-refractivity contribution in [1.82, 2.24) is 0 Å². The predicted molar refractivity (Wildman–Crippen MR) is 87.8 cm³/mol. The summed E-state index contributed by atoms with van der Waals surface area (Å²) in [6.45, 7) is 4.09. The van der Waals surface area contributed by atoms with Crippen molar-refractivity contribution in [2.75, 3.05) is 19.5 Å². The number of hydrogen-bond acceptors (Lipinski definition) is 3. The zero-order valence-electron chi connectivity index (χ0n) is 12.7. The summed E-state index contributed by atoms with van der Waals surface area (Å²) in [7, 11) is 3.30. The summed E-state index contributed by atoms with van der Waals surface area (Å²) >= 11 is 6.27. The molecule has 3 nitrogen and oxygen atoms in total. The van der Waals surface area contributed by atoms with Crippen molar-refractivity contribution in [2.45, 2.75) is 19.9 Å². The van der Waals surface area contributed by atoms with Crippen LogP contribution in [-0.4, -0.2) is 14.2 Å². The van der Waals surface area contributed by atoms with Crippen molar-refractivity contribution in [3.05, 3.63) is 52.5 Å². The van der Waals surface area contributed by atoms with E-state index in [0.717, 1.165) is 28.3 Å². The number of aryl methyl sites for hydroxylation is 1. The first-order chi connectivity index (χ1) is 10.0. The van der Waals surface area contributed by atoms with Gasteiger partial charge >= 0.3 is 0 Å². The molecule has 0 fully saturated rings. The third kappa shape index (κ3) is 3.61. The molecule has 0 heterocycles. The maximum absolute atomic E-state index is 6.27. The number of rotatable bonds is 5. The summed E-state index contributed by atoms with van der Waals surface area (Å²) < 4.78 is 10.7. The summed E-state index contributed by atoms with van der Waals surface area (Å²) in [6.07, 6.45) is 0. The highest BCUT2D eigenvalue weighted by molar-refractivity contribution is 6.33. The van der Waals surface area contributed by atoms with Gasteiger partial charge in [0.2, 0.25) is 0 Å². The van der Waals surface area contributed by atoms with E-state index in [2.05, 4.69) is 12.2 Å². The Balaban J connectivity index is 2.25. The lowest BCUT2D eigenvalue weighted by Gasteiger charge is -2.20. The molecule has 0 saturated carbocycles. The molecule has 0 saturated heterocycles. The van der Waals surface area contributed by atoms with Crippen molar-refractivity contribution in [3.63, 3.8) is 0 Å². The molecule has 2 aromatic rings. The van der Waals surface area contributed by atoms with Crippen LogP contribution >= 0.6 is 11.6 Å². The number of benzene rings is 2. The van der Waals surface area contributed by atoms with Crippen LogP contribution < -0.4 is 14.8 Å². The minimum Gasteiger partial charge on any atom is -0.497 e. The summed E-state index contributed by atoms with van der Waals surface area (Å²) in [6, 6.07) is 11.8. The van der Waals surface area contributed by atoms with Crippen molar-refractivity contribution < 1.29 is 9.47 Å². The van der Waals surface area contributed by atoms with E-state index >= 15 is 0 Å². The molecule has 1 unspecified atom stereocenters. The maximum atomic E-state index is 6.27. The first-order valence-corrected chi connectivity index (χ1v) is 7.17. The SMILES string of the molecule is COc1ccc(C(C)Nc2ccc(C)cc2Cl)c(OC)c1. The fourth-order valence-corrected chi connectivity index (χ4v) is 2.51. The predicted octanol–water partition coefficient (Wildman–Crippen LogP) is 4.84. The Hall–Kier alpha value is -1.87. The lowest BCUT2D eigenvalue weighted by atomic mass is 10.1. The van der Waals surface area contributed by atoms with Gasteiger partial charge in [-0.2, -0.15) is 0 Å². The number of methoxy groups -OCH3 is 2. The van der Waals surface area contributed by atoms with E-state index < -0.39 is 0 Å². The van der Waals surface area contributed by atoms with Crippen molar-refractivity contribution in [3.8, 4) is 11.5 Å². The lowest BCUT2D eigenvalue weighted by Crippen LogP contribution is -2.08. The average molecular weight is 306 g/mol. The molecule has 0 aliphatic carbocycles. The molecule has 0 bridgehead atoms. The molecule has 0 amide bonds. The van der Waals surface area contributed by atoms with Crippen molar-refractivity contribution >= 4 is 17.3 Å². The van der Waals surface area contributed by atoms with E-state index in [1.807, 2.05) is 43.3 Å². The zero-order valence-corrected chi connectivity index (χ0v) is 13.5. The molecule has 1 atom stereocenters. The zero-order chi connectivity index (χ0) is 15.4. The second kappa shape index (κ2) is 6.72. The molecular formula is C17H20ClNO2. The van der Waals surface area contributed by atoms with E-state index in [9.17, 15) is 0 Å². The summed E-state index contributed by atoms with van der Waals surface area (Å²) in [5.74, 6) is 1.56. The van der Waals surface area contributed by atoms with Crippen LogP contribution in [0.25, 0.3) is 0 Å². The highest BCUT2D eigenvalue weighted by Crippen LogP contribution is 2.33. The third-order valence-electron chi connectivity index (χ3n) is 3.40. The Kier molecular flexibility index (Phi) is 4.97. The Bertz CT molecular complexity index is 628. The molecule has 4 heteroatoms. The van der Waals surface area contributed by atoms with Gasteiger partial charge in [-0.05, 0) is 43.7 Å². The summed E-state index contributed by atoms with van der Waals surface area (Å²) in [4.78, 5) is 0. The smallest absolute Gasteiger partial charge is 0.127 e. The van der Waals surface area contributed by atoms with Gasteiger partial charge < -0.3 is 14.8 Å². The molecule has 0 aliphatic rings. The standard InChI is InChI=1S/C17H20ClNO2/c1-11-5-8-16(15(18)9-11)19-12(2)14-7-6-13(20-3)10-17(14)21-4/h5-10,12,19H,1-4H3. The highest BCUT2D eigenvalue weighted by atomic mass is 35.5. The van der Waals surface area contributed by atoms with E-state index in [1.165, 1.54) is 0 Å². The molecule has 0 aliphatic heterocycles. The second-order valence-corrected chi connectivity index (χ2v) is 5.36. The van der Waals surface area contributed by atoms with Gasteiger partial charge in [0.15, 0.2) is 0 Å². The number of ether oxygens (including phenoxy) is 2. The second-order valence-electron chi connectivity index (χ2n) is 4.96. The van der Waals surface area contributed by atoms with Crippen LogP contribution in [0.5, 0.6) is 11.5 Å². The summed E-state index contributed by atoms with van der Waals surface area (Å²) in [5, 5.41) is 4.13. The normalized spacial score (nSPS) is 11.9. The van der Waals surface area contributed by atoms with Gasteiger partial charge in [-0.1, -0.05) is 17.7 Å². The monoisotopic (exact) mass is 305 g/mol. The van der Waals surface area contributed by atoms with Gasteiger partial charge in [0.25, 0.3) is 0 Å². The largest absolute Gasteiger partial charge is 0.497 e. The fourth-order valence-electron chi connectivity index (χ4n) is 2.22. The average Bonchev–Trinajstić information content (AvgIpc) is 2.49. The number of hydrogen-bond donors (Lipinski definition) is 1. The van der Waals surface area contributed by atoms with Crippen LogP contribution in [0, 0.1) is 6.92 Å². The number of halogens is 1. The maximum Gasteiger partial charge on any atom is 0.127 e. The van der Waals surface area contributed by atoms with Crippen LogP contribution in [0.15, 0.2) is 36.4 Å². The van der Waals surface area contributed by atoms with Gasteiger partial charge in [0.05, 0.1) is 31.0 Å². The van der Waals surface area contributed by atoms with E-state index in [1.54, 1.807) is 14.2 Å². The third-order valence-corrected chi connectivity index (χ3v) is 3.72. The number of nitrogens with one attached hydrogen (secondary N) is 1. The molecule has 0 radical (unpaired) electrons. The van der Waals surface area contributed by atoms with Crippen LogP contribution in [0.3, 0.4) is 0 Å². The van der Waals surface area contributed by atoms with Gasteiger partial charge in [0.1, 0.15) is 11.5 Å². The molecule has 0 aromatic heterocycles. The van der Waals surface area contributed by atoms with E-state index in [0.29, 0.717) is 5.02 Å². The summed E-state index contributed by atoms with van der Waals surface area (Å²) in [5.41, 5.74) is 3.10. The van der Waals surface area contributed by atoms with Crippen molar-refractivity contribution in [2.24, 2.45) is 0 Å². The minimum atomic E-state index is 0.0612.